The smallest absolute Gasteiger partial charge is 0.360 e. The van der Waals surface area contributed by atoms with Crippen LogP contribution in [0.4, 0.5) is 13.2 Å². The van der Waals surface area contributed by atoms with E-state index in [9.17, 15) is 13.2 Å². The first-order valence-electron chi connectivity index (χ1n) is 6.24. The first-order chi connectivity index (χ1) is 8.57. The van der Waals surface area contributed by atoms with E-state index >= 15 is 0 Å². The van der Waals surface area contributed by atoms with E-state index in [-0.39, 0.29) is 5.52 Å². The van der Waals surface area contributed by atoms with E-state index in [2.05, 4.69) is 4.98 Å². The summed E-state index contributed by atoms with van der Waals surface area (Å²) in [6.07, 6.45) is 1.99. The highest BCUT2D eigenvalue weighted by molar-refractivity contribution is 5.87. The van der Waals surface area contributed by atoms with Gasteiger partial charge in [0.05, 0.1) is 11.1 Å². The van der Waals surface area contributed by atoms with Crippen LogP contribution >= 0.6 is 0 Å². The van der Waals surface area contributed by atoms with Crippen molar-refractivity contribution in [3.63, 3.8) is 0 Å². The van der Waals surface area contributed by atoms with Gasteiger partial charge >= 0.3 is 6.18 Å². The molecule has 96 valence electrons. The van der Waals surface area contributed by atoms with Crippen molar-refractivity contribution in [2.24, 2.45) is 0 Å². The summed E-state index contributed by atoms with van der Waals surface area (Å²) in [4.78, 5) is 2.82. The van der Waals surface area contributed by atoms with E-state index in [4.69, 9.17) is 0 Å². The Morgan fingerprint density at radius 1 is 1.11 bits per heavy atom. The van der Waals surface area contributed by atoms with E-state index in [1.807, 2.05) is 0 Å². The highest BCUT2D eigenvalue weighted by Gasteiger charge is 2.33. The van der Waals surface area contributed by atoms with Gasteiger partial charge in [-0.3, -0.25) is 0 Å². The Hall–Kier alpha value is -1.45. The number of alkyl halides is 3. The highest BCUT2D eigenvalue weighted by atomic mass is 19.4. The van der Waals surface area contributed by atoms with E-state index in [0.717, 1.165) is 29.9 Å². The molecule has 18 heavy (non-hydrogen) atoms. The average molecular weight is 253 g/mol. The van der Waals surface area contributed by atoms with Gasteiger partial charge in [-0.25, -0.2) is 0 Å². The van der Waals surface area contributed by atoms with Crippen LogP contribution in [0.15, 0.2) is 24.4 Å². The maximum absolute atomic E-state index is 12.9. The third-order valence-corrected chi connectivity index (χ3v) is 3.85. The summed E-state index contributed by atoms with van der Waals surface area (Å²) in [6.45, 7) is 0. The van der Waals surface area contributed by atoms with Gasteiger partial charge < -0.3 is 4.98 Å². The number of hydrogen-bond donors (Lipinski definition) is 1. The van der Waals surface area contributed by atoms with Crippen LogP contribution in [0.1, 0.15) is 42.7 Å². The molecule has 1 aromatic heterocycles. The molecule has 1 fully saturated rings. The topological polar surface area (TPSA) is 15.8 Å². The predicted octanol–water partition coefficient (Wildman–Crippen LogP) is 4.84. The van der Waals surface area contributed by atoms with Gasteiger partial charge in [0, 0.05) is 11.6 Å². The molecule has 0 aliphatic heterocycles. The lowest BCUT2D eigenvalue weighted by atomic mass is 9.96. The summed E-state index contributed by atoms with van der Waals surface area (Å²) < 4.78 is 38.7. The molecule has 0 bridgehead atoms. The van der Waals surface area contributed by atoms with Crippen molar-refractivity contribution in [3.8, 4) is 0 Å². The Morgan fingerprint density at radius 2 is 1.83 bits per heavy atom. The molecule has 0 unspecified atom stereocenters. The SMILES string of the molecule is FC(F)(F)c1cccc2c(C3CCCC3)c[nH]c12. The number of aromatic nitrogens is 1. The lowest BCUT2D eigenvalue weighted by Gasteiger charge is -2.10. The van der Waals surface area contributed by atoms with Gasteiger partial charge in [0.25, 0.3) is 0 Å². The van der Waals surface area contributed by atoms with Crippen LogP contribution in [0.5, 0.6) is 0 Å². The first kappa shape index (κ1) is 11.6. The van der Waals surface area contributed by atoms with Gasteiger partial charge in [-0.15, -0.1) is 0 Å². The molecule has 1 nitrogen and oxygen atoms in total. The van der Waals surface area contributed by atoms with Gasteiger partial charge in [-0.05, 0) is 30.4 Å². The highest BCUT2D eigenvalue weighted by Crippen LogP contribution is 2.40. The zero-order valence-corrected chi connectivity index (χ0v) is 9.85. The van der Waals surface area contributed by atoms with Gasteiger partial charge in [-0.1, -0.05) is 25.0 Å². The Balaban J connectivity index is 2.14. The van der Waals surface area contributed by atoms with E-state index in [1.165, 1.54) is 18.9 Å². The summed E-state index contributed by atoms with van der Waals surface area (Å²) in [5.74, 6) is 0.419. The Morgan fingerprint density at radius 3 is 2.50 bits per heavy atom. The summed E-state index contributed by atoms with van der Waals surface area (Å²) in [7, 11) is 0. The van der Waals surface area contributed by atoms with E-state index in [1.54, 1.807) is 12.3 Å². The molecule has 0 radical (unpaired) electrons. The minimum absolute atomic E-state index is 0.229. The number of H-pyrrole nitrogens is 1. The van der Waals surface area contributed by atoms with Crippen LogP contribution < -0.4 is 0 Å². The van der Waals surface area contributed by atoms with E-state index < -0.39 is 11.7 Å². The quantitative estimate of drug-likeness (QED) is 0.748. The molecule has 1 N–H and O–H groups in total. The summed E-state index contributed by atoms with van der Waals surface area (Å²) in [6, 6.07) is 4.42. The number of nitrogens with one attached hydrogen (secondary N) is 1. The van der Waals surface area contributed by atoms with Gasteiger partial charge in [0.2, 0.25) is 0 Å². The predicted molar refractivity (Wildman–Crippen MR) is 64.5 cm³/mol. The second kappa shape index (κ2) is 4.04. The molecule has 1 heterocycles. The van der Waals surface area contributed by atoms with Gasteiger partial charge in [0.15, 0.2) is 0 Å². The fourth-order valence-corrected chi connectivity index (χ4v) is 2.99. The van der Waals surface area contributed by atoms with Crippen molar-refractivity contribution < 1.29 is 13.2 Å². The zero-order chi connectivity index (χ0) is 12.8. The van der Waals surface area contributed by atoms with Crippen LogP contribution in [0, 0.1) is 0 Å². The number of para-hydroxylation sites is 1. The lowest BCUT2D eigenvalue weighted by Crippen LogP contribution is -2.05. The molecule has 2 aromatic rings. The van der Waals surface area contributed by atoms with Gasteiger partial charge in [-0.2, -0.15) is 13.2 Å². The van der Waals surface area contributed by atoms with Crippen molar-refractivity contribution in [2.75, 3.05) is 0 Å². The number of hydrogen-bond acceptors (Lipinski definition) is 0. The Kier molecular flexibility index (Phi) is 2.61. The summed E-state index contributed by atoms with van der Waals surface area (Å²) in [5, 5.41) is 0.733. The fourth-order valence-electron chi connectivity index (χ4n) is 2.99. The lowest BCUT2D eigenvalue weighted by molar-refractivity contribution is -0.136. The number of halogens is 3. The molecule has 1 aliphatic carbocycles. The second-order valence-electron chi connectivity index (χ2n) is 4.95. The van der Waals surface area contributed by atoms with Crippen LogP contribution in [0.3, 0.4) is 0 Å². The van der Waals surface area contributed by atoms with Crippen molar-refractivity contribution in [3.05, 3.63) is 35.5 Å². The molecule has 4 heteroatoms. The second-order valence-corrected chi connectivity index (χ2v) is 4.95. The van der Waals surface area contributed by atoms with Crippen molar-refractivity contribution in [1.82, 2.24) is 4.98 Å². The maximum Gasteiger partial charge on any atom is 0.418 e. The molecule has 0 spiro atoms. The standard InChI is InChI=1S/C14H14F3N/c15-14(16,17)12-7-3-6-10-11(8-18-13(10)12)9-4-1-2-5-9/h3,6-9,18H,1-2,4-5H2. The zero-order valence-electron chi connectivity index (χ0n) is 9.85. The molecular formula is C14H14F3N. The largest absolute Gasteiger partial charge is 0.418 e. The Bertz CT molecular complexity index is 562. The average Bonchev–Trinajstić information content (AvgIpc) is 2.95. The Labute approximate surface area is 103 Å². The summed E-state index contributed by atoms with van der Waals surface area (Å²) >= 11 is 0. The molecular weight excluding hydrogens is 239 g/mol. The van der Waals surface area contributed by atoms with Crippen LogP contribution in [-0.4, -0.2) is 4.98 Å². The van der Waals surface area contributed by atoms with Crippen LogP contribution in [-0.2, 0) is 6.18 Å². The molecule has 1 aliphatic rings. The molecule has 3 rings (SSSR count). The minimum Gasteiger partial charge on any atom is -0.360 e. The maximum atomic E-state index is 12.9. The van der Waals surface area contributed by atoms with Crippen molar-refractivity contribution in [2.45, 2.75) is 37.8 Å². The third-order valence-electron chi connectivity index (χ3n) is 3.85. The minimum atomic E-state index is -4.29. The monoisotopic (exact) mass is 253 g/mol. The van der Waals surface area contributed by atoms with Gasteiger partial charge in [0.1, 0.15) is 0 Å². The third kappa shape index (κ3) is 1.80. The number of fused-ring (bicyclic) bond motifs is 1. The number of rotatable bonds is 1. The molecule has 0 saturated heterocycles. The van der Waals surface area contributed by atoms with Crippen molar-refractivity contribution >= 4 is 10.9 Å². The molecule has 1 saturated carbocycles. The molecule has 0 atom stereocenters. The van der Waals surface area contributed by atoms with Crippen LogP contribution in [0.25, 0.3) is 10.9 Å². The molecule has 0 amide bonds. The molecule has 1 aromatic carbocycles. The van der Waals surface area contributed by atoms with Crippen LogP contribution in [0.2, 0.25) is 0 Å². The first-order valence-corrected chi connectivity index (χ1v) is 6.24. The fraction of sp³-hybridized carbons (Fsp3) is 0.429. The van der Waals surface area contributed by atoms with E-state index in [0.29, 0.717) is 5.92 Å². The normalized spacial score (nSPS) is 17.7. The summed E-state index contributed by atoms with van der Waals surface area (Å²) in [5.41, 5.74) is 0.713. The van der Waals surface area contributed by atoms with Crippen molar-refractivity contribution in [1.29, 1.82) is 0 Å². The number of aromatic amines is 1. The number of benzene rings is 1.